The average Bonchev–Trinajstić information content (AvgIpc) is 3.07. The summed E-state index contributed by atoms with van der Waals surface area (Å²) in [5, 5.41) is 2.69. The summed E-state index contributed by atoms with van der Waals surface area (Å²) in [4.78, 5) is 23.9. The molecule has 0 bridgehead atoms. The van der Waals surface area contributed by atoms with Gasteiger partial charge in [0, 0.05) is 0 Å². The molecule has 1 heterocycles. The number of ether oxygens (including phenoxy) is 2. The van der Waals surface area contributed by atoms with Gasteiger partial charge in [0.1, 0.15) is 17.1 Å². The lowest BCUT2D eigenvalue weighted by atomic mass is 10.1. The maximum Gasteiger partial charge on any atom is 0.342 e. The van der Waals surface area contributed by atoms with Crippen molar-refractivity contribution in [3.63, 3.8) is 0 Å². The van der Waals surface area contributed by atoms with Crippen molar-refractivity contribution >= 4 is 11.9 Å². The van der Waals surface area contributed by atoms with Gasteiger partial charge in [0.15, 0.2) is 6.61 Å². The van der Waals surface area contributed by atoms with Gasteiger partial charge in [0.2, 0.25) is 0 Å². The zero-order valence-electron chi connectivity index (χ0n) is 13.3. The Kier molecular flexibility index (Phi) is 5.41. The molecule has 0 fully saturated rings. The van der Waals surface area contributed by atoms with Crippen molar-refractivity contribution in [2.24, 2.45) is 0 Å². The molecule has 0 radical (unpaired) electrons. The van der Waals surface area contributed by atoms with E-state index in [9.17, 15) is 9.59 Å². The Morgan fingerprint density at radius 3 is 2.74 bits per heavy atom. The summed E-state index contributed by atoms with van der Waals surface area (Å²) in [7, 11) is 1.47. The second-order valence-corrected chi connectivity index (χ2v) is 5.08. The predicted octanol–water partition coefficient (Wildman–Crippen LogP) is 2.63. The molecule has 0 aliphatic carbocycles. The van der Waals surface area contributed by atoms with E-state index in [0.717, 1.165) is 5.56 Å². The van der Waals surface area contributed by atoms with E-state index in [4.69, 9.17) is 13.9 Å². The smallest absolute Gasteiger partial charge is 0.342 e. The highest BCUT2D eigenvalue weighted by Crippen LogP contribution is 2.20. The molecule has 6 nitrogen and oxygen atoms in total. The lowest BCUT2D eigenvalue weighted by molar-refractivity contribution is -0.125. The summed E-state index contributed by atoms with van der Waals surface area (Å²) >= 11 is 0. The Labute approximate surface area is 134 Å². The predicted molar refractivity (Wildman–Crippen MR) is 83.3 cm³/mol. The van der Waals surface area contributed by atoms with Gasteiger partial charge in [-0.2, -0.15) is 0 Å². The number of carbonyl (C=O) groups is 2. The number of hydrogen-bond acceptors (Lipinski definition) is 5. The molecule has 23 heavy (non-hydrogen) atoms. The summed E-state index contributed by atoms with van der Waals surface area (Å²) in [5.41, 5.74) is 1.19. The van der Waals surface area contributed by atoms with Gasteiger partial charge in [-0.05, 0) is 38.1 Å². The number of furan rings is 1. The summed E-state index contributed by atoms with van der Waals surface area (Å²) in [6.45, 7) is 3.26. The monoisotopic (exact) mass is 317 g/mol. The van der Waals surface area contributed by atoms with E-state index >= 15 is 0 Å². The molecule has 1 atom stereocenters. The standard InChI is InChI=1S/C17H19NO5/c1-11-6-7-15(21-3)13(9-11)17(20)23-10-16(19)18-12(2)14-5-4-8-22-14/h4-9,12H,10H2,1-3H3,(H,18,19)/t12-/m0/s1. The first kappa shape index (κ1) is 16.6. The average molecular weight is 317 g/mol. The Morgan fingerprint density at radius 1 is 1.30 bits per heavy atom. The Bertz CT molecular complexity index is 678. The van der Waals surface area contributed by atoms with E-state index in [1.165, 1.54) is 13.4 Å². The first-order chi connectivity index (χ1) is 11.0. The number of methoxy groups -OCH3 is 1. The number of carbonyl (C=O) groups excluding carboxylic acids is 2. The molecular weight excluding hydrogens is 298 g/mol. The Balaban J connectivity index is 1.91. The first-order valence-corrected chi connectivity index (χ1v) is 7.15. The van der Waals surface area contributed by atoms with Crippen molar-refractivity contribution < 1.29 is 23.5 Å². The van der Waals surface area contributed by atoms with Crippen LogP contribution in [0.15, 0.2) is 41.0 Å². The molecule has 0 saturated carbocycles. The quantitative estimate of drug-likeness (QED) is 0.829. The van der Waals surface area contributed by atoms with E-state index in [2.05, 4.69) is 5.32 Å². The third-order valence-electron chi connectivity index (χ3n) is 3.26. The van der Waals surface area contributed by atoms with Gasteiger partial charge in [-0.1, -0.05) is 11.6 Å². The van der Waals surface area contributed by atoms with Crippen LogP contribution in [0.5, 0.6) is 5.75 Å². The van der Waals surface area contributed by atoms with Gasteiger partial charge in [-0.15, -0.1) is 0 Å². The molecular formula is C17H19NO5. The van der Waals surface area contributed by atoms with Crippen LogP contribution in [0.4, 0.5) is 0 Å². The van der Waals surface area contributed by atoms with Crippen LogP contribution in [-0.4, -0.2) is 25.6 Å². The molecule has 1 aromatic carbocycles. The molecule has 0 saturated heterocycles. The fourth-order valence-corrected chi connectivity index (χ4v) is 2.08. The third-order valence-corrected chi connectivity index (χ3v) is 3.26. The number of amides is 1. The van der Waals surface area contributed by atoms with E-state index < -0.39 is 11.9 Å². The summed E-state index contributed by atoms with van der Waals surface area (Å²) < 4.78 is 15.4. The molecule has 1 amide bonds. The van der Waals surface area contributed by atoms with Crippen LogP contribution >= 0.6 is 0 Å². The van der Waals surface area contributed by atoms with Crippen LogP contribution in [0, 0.1) is 6.92 Å². The molecule has 122 valence electrons. The zero-order valence-corrected chi connectivity index (χ0v) is 13.3. The maximum absolute atomic E-state index is 12.1. The van der Waals surface area contributed by atoms with Gasteiger partial charge in [0.05, 0.1) is 19.4 Å². The van der Waals surface area contributed by atoms with Gasteiger partial charge >= 0.3 is 5.97 Å². The number of esters is 1. The topological polar surface area (TPSA) is 77.8 Å². The highest BCUT2D eigenvalue weighted by Gasteiger charge is 2.17. The maximum atomic E-state index is 12.1. The molecule has 0 aliphatic heterocycles. The molecule has 1 N–H and O–H groups in total. The number of hydrogen-bond donors (Lipinski definition) is 1. The minimum absolute atomic E-state index is 0.291. The van der Waals surface area contributed by atoms with Gasteiger partial charge in [0.25, 0.3) is 5.91 Å². The van der Waals surface area contributed by atoms with Crippen LogP contribution in [0.3, 0.4) is 0 Å². The second-order valence-electron chi connectivity index (χ2n) is 5.08. The molecule has 0 aliphatic rings. The van der Waals surface area contributed by atoms with E-state index in [-0.39, 0.29) is 12.6 Å². The summed E-state index contributed by atoms with van der Waals surface area (Å²) in [6, 6.07) is 8.36. The van der Waals surface area contributed by atoms with Crippen molar-refractivity contribution in [2.75, 3.05) is 13.7 Å². The Morgan fingerprint density at radius 2 is 2.09 bits per heavy atom. The third kappa shape index (κ3) is 4.35. The van der Waals surface area contributed by atoms with Crippen molar-refractivity contribution in [2.45, 2.75) is 19.9 Å². The fourth-order valence-electron chi connectivity index (χ4n) is 2.08. The normalized spacial score (nSPS) is 11.6. The fraction of sp³-hybridized carbons (Fsp3) is 0.294. The van der Waals surface area contributed by atoms with E-state index in [1.807, 2.05) is 13.0 Å². The SMILES string of the molecule is COc1ccc(C)cc1C(=O)OCC(=O)N[C@@H](C)c1ccco1. The van der Waals surface area contributed by atoms with Crippen molar-refractivity contribution in [1.29, 1.82) is 0 Å². The lowest BCUT2D eigenvalue weighted by Gasteiger charge is -2.12. The second kappa shape index (κ2) is 7.49. The molecule has 0 spiro atoms. The number of rotatable bonds is 6. The molecule has 2 rings (SSSR count). The van der Waals surface area contributed by atoms with Crippen molar-refractivity contribution in [3.05, 3.63) is 53.5 Å². The summed E-state index contributed by atoms with van der Waals surface area (Å²) in [5.74, 6) is 0.0233. The van der Waals surface area contributed by atoms with Gasteiger partial charge < -0.3 is 19.2 Å². The largest absolute Gasteiger partial charge is 0.496 e. The molecule has 1 aromatic heterocycles. The van der Waals surface area contributed by atoms with Crippen molar-refractivity contribution in [1.82, 2.24) is 5.32 Å². The summed E-state index contributed by atoms with van der Waals surface area (Å²) in [6.07, 6.45) is 1.53. The van der Waals surface area contributed by atoms with Crippen LogP contribution in [0.25, 0.3) is 0 Å². The number of nitrogens with one attached hydrogen (secondary N) is 1. The molecule has 0 unspecified atom stereocenters. The van der Waals surface area contributed by atoms with Crippen LogP contribution in [0.2, 0.25) is 0 Å². The van der Waals surface area contributed by atoms with Crippen LogP contribution < -0.4 is 10.1 Å². The van der Waals surface area contributed by atoms with E-state index in [0.29, 0.717) is 17.1 Å². The van der Waals surface area contributed by atoms with Crippen LogP contribution in [0.1, 0.15) is 34.6 Å². The minimum Gasteiger partial charge on any atom is -0.496 e. The highest BCUT2D eigenvalue weighted by molar-refractivity contribution is 5.94. The van der Waals surface area contributed by atoms with Gasteiger partial charge in [-0.3, -0.25) is 4.79 Å². The number of aryl methyl sites for hydroxylation is 1. The molecule has 2 aromatic rings. The zero-order chi connectivity index (χ0) is 16.8. The minimum atomic E-state index is -0.605. The van der Waals surface area contributed by atoms with Crippen LogP contribution in [-0.2, 0) is 9.53 Å². The molecule has 6 heteroatoms. The first-order valence-electron chi connectivity index (χ1n) is 7.15. The Hall–Kier alpha value is -2.76. The van der Waals surface area contributed by atoms with Crippen molar-refractivity contribution in [3.8, 4) is 5.75 Å². The van der Waals surface area contributed by atoms with E-state index in [1.54, 1.807) is 31.2 Å². The number of benzene rings is 1. The van der Waals surface area contributed by atoms with Gasteiger partial charge in [-0.25, -0.2) is 4.79 Å². The lowest BCUT2D eigenvalue weighted by Crippen LogP contribution is -2.31. The highest BCUT2D eigenvalue weighted by atomic mass is 16.5.